The highest BCUT2D eigenvalue weighted by atomic mass is 35.5. The number of aliphatic hydroxyl groups excluding tert-OH is 4. The molecule has 2 spiro atoms. The highest BCUT2D eigenvalue weighted by molar-refractivity contribution is 6.39. The van der Waals surface area contributed by atoms with Gasteiger partial charge < -0.3 is 168 Å². The monoisotopic (exact) mass is 1810 g/mol. The standard InChI is InChI=1S/C82H115Cl2NO39/c1-19-23-100-43-27-36(4)52(45(28-43)101-24-20-2)72(90)113-48-34-107-82(71-62(48)105-35-106-71)121-49-33-104-74(66(61(49)122-82)103-26-22-86)119-75-65(98-17)56(88)60(47(114-75)32-95-14)117-77-79(12,92)70(59(96-15)39(7)111-77)118-76-67(89)80(13)69(42(10)110-76)123-81(124-80)30-44(87)57(40(8)120-81)115-50-29-46(112-51-31-78(11,85(93)94)68(99-18)41(9)109-51)58(38(6)108-50)116-73(91)53-37(5)54(83)64(102-25-21-3)55(84)63(53)97-16/h19-21,27-28,38-42,44,46-51,56-62,65-71,74-77,86-89,92H,1-3,22-26,29-35H2,4-18H3/t38-,39-,40-,41+,42-,44-,46-,47-,48-,49+,50+,51+,56+,57-,58-,59+,60-,61-,62+,65+,66-,67-,68+,69-,70+,71-,74+,75+,76+,77+,78+,79-,80-,81-,82-/m1/s1. The maximum Gasteiger partial charge on any atom is 0.342 e. The van der Waals surface area contributed by atoms with Gasteiger partial charge in [0.15, 0.2) is 73.7 Å². The Morgan fingerprint density at radius 3 is 2.02 bits per heavy atom. The van der Waals surface area contributed by atoms with Crippen LogP contribution >= 0.6 is 23.2 Å². The lowest BCUT2D eigenvalue weighted by Crippen LogP contribution is -2.71. The van der Waals surface area contributed by atoms with Crippen molar-refractivity contribution < 1.29 is 182 Å². The number of carbonyl (C=O) groups excluding carboxylic acids is 2. The normalized spacial score (nSPS) is 42.5. The average molecular weight is 1810 g/mol. The Kier molecular flexibility index (Phi) is 30.8. The zero-order valence-electron chi connectivity index (χ0n) is 71.6. The first-order chi connectivity index (χ1) is 59.1. The number of fused-ring (bicyclic) bond motifs is 4. The summed E-state index contributed by atoms with van der Waals surface area (Å²) in [4.78, 5) is 41.0. The van der Waals surface area contributed by atoms with Crippen LogP contribution in [0.25, 0.3) is 0 Å². The molecule has 11 fully saturated rings. The Labute approximate surface area is 726 Å². The minimum absolute atomic E-state index is 0.00285. The van der Waals surface area contributed by atoms with E-state index in [-0.39, 0.29) is 110 Å². The van der Waals surface area contributed by atoms with Crippen LogP contribution in [0.4, 0.5) is 0 Å². The van der Waals surface area contributed by atoms with Crippen molar-refractivity contribution >= 4 is 35.1 Å². The highest BCUT2D eigenvalue weighted by Gasteiger charge is 2.71. The molecule has 5 N–H and O–H groups in total. The number of methoxy groups -OCH3 is 5. The molecular weight excluding hydrogens is 1690 g/mol. The van der Waals surface area contributed by atoms with E-state index < -0.39 is 243 Å². The van der Waals surface area contributed by atoms with E-state index in [1.807, 2.05) is 0 Å². The third kappa shape index (κ3) is 18.7. The number of aryl methyl sites for hydroxylation is 1. The molecule has 0 unspecified atom stereocenters. The van der Waals surface area contributed by atoms with E-state index in [9.17, 15) is 45.2 Å². The second kappa shape index (κ2) is 39.7. The van der Waals surface area contributed by atoms with Crippen molar-refractivity contribution in [1.29, 1.82) is 0 Å². The highest BCUT2D eigenvalue weighted by Crippen LogP contribution is 2.54. The third-order valence-electron chi connectivity index (χ3n) is 24.3. The number of halogens is 2. The van der Waals surface area contributed by atoms with E-state index in [4.69, 9.17) is 165 Å². The Balaban J connectivity index is 0.660. The van der Waals surface area contributed by atoms with E-state index in [1.54, 1.807) is 73.6 Å². The van der Waals surface area contributed by atoms with E-state index in [2.05, 4.69) is 19.7 Å². The summed E-state index contributed by atoms with van der Waals surface area (Å²) in [6.45, 7) is 25.3. The molecule has 0 bridgehead atoms. The molecule has 0 amide bonds. The van der Waals surface area contributed by atoms with E-state index in [1.165, 1.54) is 61.5 Å². The first-order valence-electron chi connectivity index (χ1n) is 41.0. The predicted octanol–water partition coefficient (Wildman–Crippen LogP) is 4.25. The van der Waals surface area contributed by atoms with Gasteiger partial charge in [0, 0.05) is 52.8 Å². The number of esters is 2. The maximum absolute atomic E-state index is 14.6. The van der Waals surface area contributed by atoms with E-state index in [0.717, 1.165) is 0 Å². The Morgan fingerprint density at radius 2 is 1.34 bits per heavy atom. The summed E-state index contributed by atoms with van der Waals surface area (Å²) in [5.41, 5.74) is -5.05. The molecule has 13 rings (SSSR count). The van der Waals surface area contributed by atoms with Crippen molar-refractivity contribution in [2.75, 3.05) is 95.2 Å². The van der Waals surface area contributed by atoms with Gasteiger partial charge in [-0.1, -0.05) is 61.2 Å². The first-order valence-corrected chi connectivity index (χ1v) is 41.8. The van der Waals surface area contributed by atoms with Crippen LogP contribution in [-0.4, -0.2) is 351 Å². The minimum atomic E-state index is -2.26. The molecular formula is C82H115Cl2NO39. The van der Waals surface area contributed by atoms with Gasteiger partial charge in [0.25, 0.3) is 11.5 Å². The van der Waals surface area contributed by atoms with Crippen LogP contribution in [0.3, 0.4) is 0 Å². The molecule has 42 heteroatoms. The number of ether oxygens (including phenoxy) is 30. The molecule has 0 aromatic heterocycles. The molecule has 0 radical (unpaired) electrons. The molecule has 11 aliphatic rings. The van der Waals surface area contributed by atoms with Crippen molar-refractivity contribution in [2.45, 2.75) is 301 Å². The van der Waals surface area contributed by atoms with Gasteiger partial charge in [0.05, 0.1) is 94.6 Å². The Bertz CT molecular complexity index is 4040. The maximum atomic E-state index is 14.6. The zero-order chi connectivity index (χ0) is 89.6. The number of nitro groups is 1. The fourth-order valence-corrected chi connectivity index (χ4v) is 18.9. The molecule has 696 valence electrons. The van der Waals surface area contributed by atoms with Gasteiger partial charge in [-0.2, -0.15) is 0 Å². The molecule has 11 saturated heterocycles. The van der Waals surface area contributed by atoms with Gasteiger partial charge in [0.1, 0.15) is 151 Å². The summed E-state index contributed by atoms with van der Waals surface area (Å²) in [7, 11) is 6.68. The number of hydrogen-bond donors (Lipinski definition) is 5. The summed E-state index contributed by atoms with van der Waals surface area (Å²) >= 11 is 13.5. The fourth-order valence-electron chi connectivity index (χ4n) is 18.3. The largest absolute Gasteiger partial charge is 0.494 e. The molecule has 0 aliphatic carbocycles. The molecule has 11 heterocycles. The molecule has 2 aromatic carbocycles. The minimum Gasteiger partial charge on any atom is -0.494 e. The van der Waals surface area contributed by atoms with Gasteiger partial charge in [-0.15, -0.1) is 0 Å². The van der Waals surface area contributed by atoms with E-state index >= 15 is 0 Å². The summed E-state index contributed by atoms with van der Waals surface area (Å²) in [5, 5.41) is 73.2. The lowest BCUT2D eigenvalue weighted by Gasteiger charge is -2.53. The second-order valence-electron chi connectivity index (χ2n) is 32.8. The quantitative estimate of drug-likeness (QED) is 0.0288. The topological polar surface area (TPSA) is 455 Å². The molecule has 124 heavy (non-hydrogen) atoms. The Hall–Kier alpha value is -5.38. The average Bonchev–Trinajstić information content (AvgIpc) is 1.55. The van der Waals surface area contributed by atoms with Crippen LogP contribution in [0.15, 0.2) is 50.1 Å². The number of benzene rings is 2. The number of hydrogen-bond acceptors (Lipinski definition) is 39. The fraction of sp³-hybridized carbons (Fsp3) is 0.756. The van der Waals surface area contributed by atoms with Gasteiger partial charge in [-0.25, -0.2) is 9.59 Å². The van der Waals surface area contributed by atoms with E-state index in [0.29, 0.717) is 11.3 Å². The summed E-state index contributed by atoms with van der Waals surface area (Å²) in [5.74, 6) is -5.20. The predicted molar refractivity (Wildman–Crippen MR) is 420 cm³/mol. The zero-order valence-corrected chi connectivity index (χ0v) is 73.1. The number of carbonyl (C=O) groups is 2. The van der Waals surface area contributed by atoms with Crippen molar-refractivity contribution in [3.8, 4) is 23.0 Å². The van der Waals surface area contributed by atoms with Gasteiger partial charge in [0.2, 0.25) is 0 Å². The Morgan fingerprint density at radius 1 is 0.637 bits per heavy atom. The lowest BCUT2D eigenvalue weighted by molar-refractivity contribution is -0.595. The van der Waals surface area contributed by atoms with Crippen LogP contribution < -0.4 is 18.9 Å². The van der Waals surface area contributed by atoms with Crippen LogP contribution in [0, 0.1) is 24.0 Å². The smallest absolute Gasteiger partial charge is 0.342 e. The van der Waals surface area contributed by atoms with Crippen molar-refractivity contribution in [3.05, 3.63) is 92.5 Å². The van der Waals surface area contributed by atoms with Gasteiger partial charge >= 0.3 is 17.9 Å². The summed E-state index contributed by atoms with van der Waals surface area (Å²) in [6, 6.07) is 3.24. The number of rotatable bonds is 33. The van der Waals surface area contributed by atoms with Crippen LogP contribution in [-0.2, 0) is 123 Å². The summed E-state index contributed by atoms with van der Waals surface area (Å²) < 4.78 is 188. The van der Waals surface area contributed by atoms with Gasteiger partial charge in [-0.3, -0.25) is 10.1 Å². The van der Waals surface area contributed by atoms with Crippen molar-refractivity contribution in [2.24, 2.45) is 0 Å². The second-order valence-corrected chi connectivity index (χ2v) is 33.6. The van der Waals surface area contributed by atoms with Crippen LogP contribution in [0.2, 0.25) is 10.0 Å². The molecule has 11 aliphatic heterocycles. The van der Waals surface area contributed by atoms with Crippen LogP contribution in [0.1, 0.15) is 106 Å². The molecule has 40 nitrogen and oxygen atoms in total. The first kappa shape index (κ1) is 96.2. The van der Waals surface area contributed by atoms with Crippen molar-refractivity contribution in [3.63, 3.8) is 0 Å². The molecule has 0 saturated carbocycles. The molecule has 2 aromatic rings. The van der Waals surface area contributed by atoms with Crippen LogP contribution in [0.5, 0.6) is 23.0 Å². The SMILES string of the molecule is C=CCOc1cc(C)c(C(=O)O[C@@H]2CO[C@]3(O[C@H]4[C@@H](OCCO)[C@H](O[C@@H]5O[C@H](COC)[C@@H](O[C@@H]6O[C@H](C)[C@H](OC)[C@H](O[C@@H]7O[C@H](C)[C@H]8O[C@]9(C[C@@H](O)[C@H](O[C@H]%10C[C@@H](O[C@H]%11C[C@](C)([N+](=O)[O-])[C@@H](OC)[C@H](C)O%11)[C@H](OC(=O)c%11c(C)c(Cl)c(OCC=C)c(Cl)c%11OC)[C@@H](C)O%10)[C@@H](C)O9)O[C@]8(C)[C@@H]7O)[C@@]6(C)O)[C@H](O)[C@@H]5OC)OC[C@@H]4O3)[C@@H]3OCO[C@H]32)c(OCC=C)c1. The number of nitrogens with zero attached hydrogens (tertiary/aromatic N) is 1. The third-order valence-corrected chi connectivity index (χ3v) is 25.1. The van der Waals surface area contributed by atoms with Gasteiger partial charge in [-0.05, 0) is 79.5 Å². The number of aliphatic hydroxyl groups is 5. The summed E-state index contributed by atoms with van der Waals surface area (Å²) in [6.07, 6.45) is -33.9. The van der Waals surface area contributed by atoms with Crippen molar-refractivity contribution in [1.82, 2.24) is 0 Å². The lowest BCUT2D eigenvalue weighted by atomic mass is 9.85. The molecule has 35 atom stereocenters.